The predicted octanol–water partition coefficient (Wildman–Crippen LogP) is 1.45. The lowest BCUT2D eigenvalue weighted by atomic mass is 10.0. The molecule has 2 aliphatic rings. The molecule has 2 atom stereocenters. The van der Waals surface area contributed by atoms with Crippen molar-refractivity contribution >= 4 is 11.9 Å². The van der Waals surface area contributed by atoms with E-state index in [1.807, 2.05) is 42.2 Å². The predicted molar refractivity (Wildman–Crippen MR) is 104 cm³/mol. The fourth-order valence-electron chi connectivity index (χ4n) is 4.09. The van der Waals surface area contributed by atoms with E-state index in [9.17, 15) is 9.59 Å². The molecule has 1 aromatic rings. The van der Waals surface area contributed by atoms with Crippen LogP contribution in [0.15, 0.2) is 30.3 Å². The molecular formula is C20H30N4O3. The first-order valence-electron chi connectivity index (χ1n) is 9.84. The van der Waals surface area contributed by atoms with Gasteiger partial charge >= 0.3 is 6.03 Å². The minimum absolute atomic E-state index is 0.00359. The van der Waals surface area contributed by atoms with Crippen molar-refractivity contribution in [3.8, 4) is 5.75 Å². The van der Waals surface area contributed by atoms with Crippen LogP contribution in [0.2, 0.25) is 0 Å². The molecule has 0 unspecified atom stereocenters. The first-order valence-corrected chi connectivity index (χ1v) is 9.84. The van der Waals surface area contributed by atoms with Crippen LogP contribution in [0.1, 0.15) is 26.2 Å². The van der Waals surface area contributed by atoms with Gasteiger partial charge in [-0.1, -0.05) is 18.2 Å². The summed E-state index contributed by atoms with van der Waals surface area (Å²) in [6.07, 6.45) is 2.44. The first-order chi connectivity index (χ1) is 13.1. The van der Waals surface area contributed by atoms with Crippen molar-refractivity contribution in [2.75, 3.05) is 33.2 Å². The summed E-state index contributed by atoms with van der Waals surface area (Å²) in [5, 5.41) is 5.65. The van der Waals surface area contributed by atoms with Crippen LogP contribution >= 0.6 is 0 Å². The van der Waals surface area contributed by atoms with E-state index in [1.165, 1.54) is 0 Å². The molecule has 1 aromatic carbocycles. The van der Waals surface area contributed by atoms with Crippen LogP contribution in [0.25, 0.3) is 0 Å². The van der Waals surface area contributed by atoms with Gasteiger partial charge in [-0.3, -0.25) is 9.69 Å². The van der Waals surface area contributed by atoms with E-state index >= 15 is 0 Å². The summed E-state index contributed by atoms with van der Waals surface area (Å²) >= 11 is 0. The fraction of sp³-hybridized carbons (Fsp3) is 0.600. The van der Waals surface area contributed by atoms with Crippen LogP contribution in [0.4, 0.5) is 4.79 Å². The molecule has 0 saturated carbocycles. The minimum Gasteiger partial charge on any atom is -0.489 e. The van der Waals surface area contributed by atoms with Gasteiger partial charge in [0.1, 0.15) is 11.9 Å². The molecule has 0 aliphatic carbocycles. The van der Waals surface area contributed by atoms with Crippen LogP contribution in [0, 0.1) is 0 Å². The average molecular weight is 374 g/mol. The normalized spacial score (nSPS) is 23.9. The number of rotatable bonds is 5. The highest BCUT2D eigenvalue weighted by molar-refractivity contribution is 5.82. The molecular weight excluding hydrogens is 344 g/mol. The number of hydrogen-bond acceptors (Lipinski definition) is 4. The SMILES string of the molecule is CCNC(=O)N1CCC(N2C[C@@H](Oc3ccccc3)C[C@H]2C(=O)NC)CC1. The lowest BCUT2D eigenvalue weighted by Crippen LogP contribution is -2.53. The summed E-state index contributed by atoms with van der Waals surface area (Å²) < 4.78 is 6.12. The molecule has 2 N–H and O–H groups in total. The Labute approximate surface area is 161 Å². The highest BCUT2D eigenvalue weighted by atomic mass is 16.5. The maximum atomic E-state index is 12.4. The fourth-order valence-corrected chi connectivity index (χ4v) is 4.09. The van der Waals surface area contributed by atoms with Crippen LogP contribution in [-0.4, -0.2) is 73.2 Å². The van der Waals surface area contributed by atoms with Crippen molar-refractivity contribution in [2.24, 2.45) is 0 Å². The zero-order valence-corrected chi connectivity index (χ0v) is 16.2. The third-order valence-electron chi connectivity index (χ3n) is 5.44. The lowest BCUT2D eigenvalue weighted by molar-refractivity contribution is -0.126. The Kier molecular flexibility index (Phi) is 6.55. The van der Waals surface area contributed by atoms with Gasteiger partial charge in [0.15, 0.2) is 0 Å². The van der Waals surface area contributed by atoms with Gasteiger partial charge in [0, 0.05) is 45.7 Å². The van der Waals surface area contributed by atoms with Gasteiger partial charge < -0.3 is 20.3 Å². The van der Waals surface area contributed by atoms with Gasteiger partial charge in [0.2, 0.25) is 5.91 Å². The van der Waals surface area contributed by atoms with Gasteiger partial charge in [-0.25, -0.2) is 4.79 Å². The van der Waals surface area contributed by atoms with E-state index in [-0.39, 0.29) is 24.1 Å². The van der Waals surface area contributed by atoms with Crippen molar-refractivity contribution in [1.82, 2.24) is 20.4 Å². The molecule has 3 amide bonds. The van der Waals surface area contributed by atoms with Gasteiger partial charge in [0.25, 0.3) is 0 Å². The largest absolute Gasteiger partial charge is 0.489 e. The van der Waals surface area contributed by atoms with Gasteiger partial charge in [-0.2, -0.15) is 0 Å². The number of hydrogen-bond donors (Lipinski definition) is 2. The van der Waals surface area contributed by atoms with Crippen molar-refractivity contribution in [2.45, 2.75) is 44.4 Å². The van der Waals surface area contributed by atoms with E-state index in [0.717, 1.165) is 38.2 Å². The number of nitrogens with zero attached hydrogens (tertiary/aromatic N) is 2. The third kappa shape index (κ3) is 4.71. The molecule has 2 fully saturated rings. The molecule has 2 aliphatic heterocycles. The topological polar surface area (TPSA) is 73.9 Å². The molecule has 2 heterocycles. The van der Waals surface area contributed by atoms with E-state index < -0.39 is 0 Å². The van der Waals surface area contributed by atoms with Crippen molar-refractivity contribution in [3.63, 3.8) is 0 Å². The first kappa shape index (κ1) is 19.5. The molecule has 148 valence electrons. The molecule has 0 aromatic heterocycles. The summed E-state index contributed by atoms with van der Waals surface area (Å²) in [4.78, 5) is 28.6. The van der Waals surface area contributed by atoms with E-state index in [2.05, 4.69) is 15.5 Å². The molecule has 2 saturated heterocycles. The smallest absolute Gasteiger partial charge is 0.317 e. The van der Waals surface area contributed by atoms with Crippen LogP contribution < -0.4 is 15.4 Å². The van der Waals surface area contributed by atoms with E-state index in [4.69, 9.17) is 4.74 Å². The van der Waals surface area contributed by atoms with Crippen molar-refractivity contribution in [3.05, 3.63) is 30.3 Å². The summed E-state index contributed by atoms with van der Waals surface area (Å²) in [6.45, 7) is 4.74. The van der Waals surface area contributed by atoms with Crippen molar-refractivity contribution < 1.29 is 14.3 Å². The van der Waals surface area contributed by atoms with Crippen LogP contribution in [-0.2, 0) is 4.79 Å². The molecule has 7 heteroatoms. The summed E-state index contributed by atoms with van der Waals surface area (Å²) in [5.74, 6) is 0.881. The monoisotopic (exact) mass is 374 g/mol. The summed E-state index contributed by atoms with van der Waals surface area (Å²) in [6, 6.07) is 9.89. The molecule has 27 heavy (non-hydrogen) atoms. The van der Waals surface area contributed by atoms with E-state index in [1.54, 1.807) is 7.05 Å². The second-order valence-electron chi connectivity index (χ2n) is 7.17. The number of likely N-dealkylation sites (N-methyl/N-ethyl adjacent to an activating group) is 1. The Morgan fingerprint density at radius 1 is 1.19 bits per heavy atom. The number of para-hydroxylation sites is 1. The molecule has 3 rings (SSSR count). The van der Waals surface area contributed by atoms with Crippen LogP contribution in [0.3, 0.4) is 0 Å². The van der Waals surface area contributed by atoms with Gasteiger partial charge in [-0.05, 0) is 31.9 Å². The standard InChI is InChI=1S/C20H30N4O3/c1-3-22-20(26)23-11-9-15(10-12-23)24-14-17(13-18(24)19(25)21-2)27-16-7-5-4-6-8-16/h4-8,15,17-18H,3,9-14H2,1-2H3,(H,21,25)(H,22,26)/t17-,18-/m0/s1. The quantitative estimate of drug-likeness (QED) is 0.818. The maximum absolute atomic E-state index is 12.4. The number of carbonyl (C=O) groups is 2. The number of piperidine rings is 1. The Morgan fingerprint density at radius 3 is 2.52 bits per heavy atom. The maximum Gasteiger partial charge on any atom is 0.317 e. The second kappa shape index (κ2) is 9.08. The Morgan fingerprint density at radius 2 is 1.89 bits per heavy atom. The number of nitrogens with one attached hydrogen (secondary N) is 2. The second-order valence-corrected chi connectivity index (χ2v) is 7.17. The number of amides is 3. The molecule has 7 nitrogen and oxygen atoms in total. The molecule has 0 spiro atoms. The Bertz CT molecular complexity index is 631. The highest BCUT2D eigenvalue weighted by Crippen LogP contribution is 2.29. The zero-order chi connectivity index (χ0) is 19.2. The molecule has 0 bridgehead atoms. The number of ether oxygens (including phenoxy) is 1. The van der Waals surface area contributed by atoms with Gasteiger partial charge in [0.05, 0.1) is 6.04 Å². The number of urea groups is 1. The minimum atomic E-state index is -0.176. The lowest BCUT2D eigenvalue weighted by Gasteiger charge is -2.38. The highest BCUT2D eigenvalue weighted by Gasteiger charge is 2.42. The number of carbonyl (C=O) groups excluding carboxylic acids is 2. The molecule has 0 radical (unpaired) electrons. The van der Waals surface area contributed by atoms with Crippen molar-refractivity contribution in [1.29, 1.82) is 0 Å². The Hall–Kier alpha value is -2.28. The van der Waals surface area contributed by atoms with Gasteiger partial charge in [-0.15, -0.1) is 0 Å². The zero-order valence-electron chi connectivity index (χ0n) is 16.2. The number of likely N-dealkylation sites (tertiary alicyclic amines) is 2. The summed E-state index contributed by atoms with van der Waals surface area (Å²) in [5.41, 5.74) is 0. The van der Waals surface area contributed by atoms with Crippen LogP contribution in [0.5, 0.6) is 5.75 Å². The average Bonchev–Trinajstić information content (AvgIpc) is 3.12. The summed E-state index contributed by atoms with van der Waals surface area (Å²) in [7, 11) is 1.68. The van der Waals surface area contributed by atoms with E-state index in [0.29, 0.717) is 19.0 Å². The Balaban J connectivity index is 1.62. The third-order valence-corrected chi connectivity index (χ3v) is 5.44. The number of benzene rings is 1.